The maximum atomic E-state index is 12.6. The number of benzene rings is 1. The normalized spacial score (nSPS) is 15.4. The van der Waals surface area contributed by atoms with Crippen molar-refractivity contribution in [3.8, 4) is 11.5 Å². The smallest absolute Gasteiger partial charge is 0.341 e. The second-order valence-corrected chi connectivity index (χ2v) is 9.73. The van der Waals surface area contributed by atoms with Crippen molar-refractivity contribution in [1.82, 2.24) is 10.2 Å². The van der Waals surface area contributed by atoms with E-state index in [1.807, 2.05) is 0 Å². The monoisotopic (exact) mass is 477 g/mol. The number of nitrogens with one attached hydrogen (secondary N) is 1. The van der Waals surface area contributed by atoms with Gasteiger partial charge >= 0.3 is 5.97 Å². The molecule has 3 aromatic rings. The van der Waals surface area contributed by atoms with Crippen molar-refractivity contribution >= 4 is 51.6 Å². The molecule has 1 atom stereocenters. The molecule has 0 fully saturated rings. The third kappa shape index (κ3) is 4.94. The Balaban J connectivity index is 1.42. The number of nitrogens with zero attached hydrogens (tertiary/aromatic N) is 2. The molecule has 2 aromatic heterocycles. The predicted molar refractivity (Wildman–Crippen MR) is 121 cm³/mol. The molecule has 1 aliphatic rings. The van der Waals surface area contributed by atoms with Crippen LogP contribution in [0, 0.1) is 5.92 Å². The van der Waals surface area contributed by atoms with Crippen LogP contribution in [0.4, 0.5) is 5.00 Å². The van der Waals surface area contributed by atoms with Crippen molar-refractivity contribution in [2.45, 2.75) is 31.4 Å². The summed E-state index contributed by atoms with van der Waals surface area (Å²) in [6, 6.07) is 7.04. The number of aromatic nitrogens is 2. The van der Waals surface area contributed by atoms with Crippen molar-refractivity contribution in [3.05, 3.63) is 45.3 Å². The molecule has 0 radical (unpaired) electrons. The summed E-state index contributed by atoms with van der Waals surface area (Å²) in [5, 5.41) is 12.3. The molecule has 0 aliphatic heterocycles. The van der Waals surface area contributed by atoms with Crippen molar-refractivity contribution in [2.75, 3.05) is 18.2 Å². The SMILES string of the molecule is COC(=O)c1c(NC(=O)CSc2nnc(-c3ccc(Cl)cc3)o2)sc2c1CCC(C)C2. The van der Waals surface area contributed by atoms with Crippen LogP contribution in [0.25, 0.3) is 11.5 Å². The summed E-state index contributed by atoms with van der Waals surface area (Å²) in [6.07, 6.45) is 2.74. The lowest BCUT2D eigenvalue weighted by Gasteiger charge is -2.18. The minimum atomic E-state index is -0.417. The topological polar surface area (TPSA) is 94.3 Å². The number of carbonyl (C=O) groups excluding carboxylic acids is 2. The number of hydrogen-bond donors (Lipinski definition) is 1. The lowest BCUT2D eigenvalue weighted by molar-refractivity contribution is -0.113. The van der Waals surface area contributed by atoms with Crippen molar-refractivity contribution in [2.24, 2.45) is 5.92 Å². The second kappa shape index (κ2) is 9.42. The quantitative estimate of drug-likeness (QED) is 0.390. The minimum absolute atomic E-state index is 0.0713. The van der Waals surface area contributed by atoms with E-state index in [1.54, 1.807) is 24.3 Å². The number of methoxy groups -OCH3 is 1. The van der Waals surface area contributed by atoms with Gasteiger partial charge in [0.15, 0.2) is 0 Å². The maximum absolute atomic E-state index is 12.6. The fourth-order valence-electron chi connectivity index (χ4n) is 3.42. The summed E-state index contributed by atoms with van der Waals surface area (Å²) in [6.45, 7) is 2.19. The first-order valence-corrected chi connectivity index (χ1v) is 11.9. The Morgan fingerprint density at radius 3 is 2.84 bits per heavy atom. The van der Waals surface area contributed by atoms with Gasteiger partial charge in [0.05, 0.1) is 18.4 Å². The second-order valence-electron chi connectivity index (χ2n) is 7.26. The number of fused-ring (bicyclic) bond motifs is 1. The van der Waals surface area contributed by atoms with Gasteiger partial charge in [-0.2, -0.15) is 0 Å². The highest BCUT2D eigenvalue weighted by molar-refractivity contribution is 7.99. The van der Waals surface area contributed by atoms with Crippen molar-refractivity contribution in [1.29, 1.82) is 0 Å². The molecule has 0 saturated carbocycles. The van der Waals surface area contributed by atoms with Gasteiger partial charge in [-0.25, -0.2) is 4.79 Å². The molecule has 31 heavy (non-hydrogen) atoms. The lowest BCUT2D eigenvalue weighted by atomic mass is 9.88. The van der Waals surface area contributed by atoms with Gasteiger partial charge in [0, 0.05) is 15.5 Å². The first-order valence-electron chi connectivity index (χ1n) is 9.69. The van der Waals surface area contributed by atoms with Gasteiger partial charge in [-0.3, -0.25) is 4.79 Å². The fraction of sp³-hybridized carbons (Fsp3) is 0.333. The van der Waals surface area contributed by atoms with Crippen LogP contribution < -0.4 is 5.32 Å². The first kappa shape index (κ1) is 21.9. The van der Waals surface area contributed by atoms with Crippen LogP contribution in [0.1, 0.15) is 34.1 Å². The molecule has 1 N–H and O–H groups in total. The van der Waals surface area contributed by atoms with Gasteiger partial charge in [-0.05, 0) is 55.0 Å². The highest BCUT2D eigenvalue weighted by Crippen LogP contribution is 2.40. The first-order chi connectivity index (χ1) is 14.9. The average Bonchev–Trinajstić information content (AvgIpc) is 3.36. The number of hydrogen-bond acceptors (Lipinski definition) is 8. The summed E-state index contributed by atoms with van der Waals surface area (Å²) in [5.74, 6) is 0.310. The van der Waals surface area contributed by atoms with Crippen LogP contribution in [0.3, 0.4) is 0 Å². The molecule has 1 aliphatic carbocycles. The molecule has 162 valence electrons. The molecule has 7 nitrogen and oxygen atoms in total. The summed E-state index contributed by atoms with van der Waals surface area (Å²) in [7, 11) is 1.35. The minimum Gasteiger partial charge on any atom is -0.465 e. The standard InChI is InChI=1S/C21H20ClN3O4S2/c1-11-3-8-14-15(9-11)31-19(17(14)20(27)28-2)23-16(26)10-30-21-25-24-18(29-21)12-4-6-13(22)7-5-12/h4-7,11H,3,8-10H2,1-2H3,(H,23,26). The Bertz CT molecular complexity index is 1110. The molecule has 0 bridgehead atoms. The number of carbonyl (C=O) groups is 2. The number of halogens is 1. The van der Waals surface area contributed by atoms with Gasteiger partial charge in [0.25, 0.3) is 5.22 Å². The lowest BCUT2D eigenvalue weighted by Crippen LogP contribution is -2.17. The third-order valence-corrected chi connectivity index (χ3v) is 7.22. The van der Waals surface area contributed by atoms with Crippen LogP contribution in [-0.4, -0.2) is 34.9 Å². The summed E-state index contributed by atoms with van der Waals surface area (Å²) in [5.41, 5.74) is 2.23. The molecule has 1 amide bonds. The number of ether oxygens (including phenoxy) is 1. The van der Waals surface area contributed by atoms with E-state index in [9.17, 15) is 9.59 Å². The van der Waals surface area contributed by atoms with Crippen LogP contribution in [0.15, 0.2) is 33.9 Å². The summed E-state index contributed by atoms with van der Waals surface area (Å²) < 4.78 is 10.6. The van der Waals surface area contributed by atoms with E-state index < -0.39 is 5.97 Å². The van der Waals surface area contributed by atoms with Crippen LogP contribution >= 0.6 is 34.7 Å². The zero-order valence-corrected chi connectivity index (χ0v) is 19.3. The van der Waals surface area contributed by atoms with E-state index >= 15 is 0 Å². The predicted octanol–water partition coefficient (Wildman–Crippen LogP) is 5.09. The Hall–Kier alpha value is -2.36. The maximum Gasteiger partial charge on any atom is 0.341 e. The number of esters is 1. The highest BCUT2D eigenvalue weighted by atomic mass is 35.5. The van der Waals surface area contributed by atoms with Gasteiger partial charge in [0.2, 0.25) is 11.8 Å². The Kier molecular flexibility index (Phi) is 6.64. The van der Waals surface area contributed by atoms with Crippen LogP contribution in [0.5, 0.6) is 0 Å². The molecule has 1 aromatic carbocycles. The summed E-state index contributed by atoms with van der Waals surface area (Å²) in [4.78, 5) is 26.1. The molecular weight excluding hydrogens is 458 g/mol. The number of thiophene rings is 1. The molecule has 0 spiro atoms. The van der Waals surface area contributed by atoms with Crippen LogP contribution in [0.2, 0.25) is 5.02 Å². The van der Waals surface area contributed by atoms with Crippen LogP contribution in [-0.2, 0) is 22.4 Å². The molecule has 1 unspecified atom stereocenters. The highest BCUT2D eigenvalue weighted by Gasteiger charge is 2.29. The van der Waals surface area contributed by atoms with Gasteiger partial charge in [-0.15, -0.1) is 21.5 Å². The summed E-state index contributed by atoms with van der Waals surface area (Å²) >= 11 is 8.48. The number of rotatable bonds is 6. The molecule has 2 heterocycles. The molecule has 0 saturated heterocycles. The average molecular weight is 478 g/mol. The number of anilines is 1. The molecule has 4 rings (SSSR count). The van der Waals surface area contributed by atoms with E-state index in [1.165, 1.54) is 18.4 Å². The molecular formula is C21H20ClN3O4S2. The van der Waals surface area contributed by atoms with Gasteiger partial charge < -0.3 is 14.5 Å². The number of thioether (sulfide) groups is 1. The Morgan fingerprint density at radius 1 is 1.32 bits per heavy atom. The Morgan fingerprint density at radius 2 is 2.10 bits per heavy atom. The fourth-order valence-corrected chi connectivity index (χ4v) is 5.53. The van der Waals surface area contributed by atoms with Gasteiger partial charge in [-0.1, -0.05) is 30.3 Å². The van der Waals surface area contributed by atoms with Gasteiger partial charge in [0.1, 0.15) is 5.00 Å². The third-order valence-electron chi connectivity index (χ3n) is 4.98. The Labute approximate surface area is 192 Å². The molecule has 10 heteroatoms. The zero-order chi connectivity index (χ0) is 22.0. The van der Waals surface area contributed by atoms with Crippen molar-refractivity contribution < 1.29 is 18.7 Å². The largest absolute Gasteiger partial charge is 0.465 e. The van der Waals surface area contributed by atoms with E-state index in [4.69, 9.17) is 20.8 Å². The van der Waals surface area contributed by atoms with E-state index in [0.717, 1.165) is 47.0 Å². The van der Waals surface area contributed by atoms with E-state index in [0.29, 0.717) is 27.4 Å². The zero-order valence-electron chi connectivity index (χ0n) is 16.9. The number of amides is 1. The van der Waals surface area contributed by atoms with Crippen molar-refractivity contribution in [3.63, 3.8) is 0 Å². The van der Waals surface area contributed by atoms with E-state index in [-0.39, 0.29) is 16.9 Å². The van der Waals surface area contributed by atoms with E-state index in [2.05, 4.69) is 22.4 Å².